The first-order valence-corrected chi connectivity index (χ1v) is 8.22. The molecule has 0 spiro atoms. The number of imidazole rings is 1. The van der Waals surface area contributed by atoms with E-state index in [2.05, 4.69) is 5.32 Å². The van der Waals surface area contributed by atoms with Gasteiger partial charge in [-0.1, -0.05) is 23.7 Å². The lowest BCUT2D eigenvalue weighted by Crippen LogP contribution is -2.35. The molecule has 3 aromatic rings. The number of hydrogen-bond donors (Lipinski definition) is 1. The number of fused-ring (bicyclic) bond motifs is 1. The molecule has 0 aliphatic rings. The first-order valence-electron chi connectivity index (χ1n) is 7.84. The predicted octanol–water partition coefficient (Wildman–Crippen LogP) is 2.52. The molecule has 1 amide bonds. The standard InChI is InChI=1S/C18H19ClN4O2/c1-21(11-17(24)20-14-9-7-13(19)8-10-14)12-23-16-6-4-3-5-15(16)22(2)18(23)25/h3-10H,11-12H2,1-2H3,(H,20,24). The number of rotatable bonds is 5. The fourth-order valence-corrected chi connectivity index (χ4v) is 2.90. The number of carbonyl (C=O) groups excluding carboxylic acids is 1. The van der Waals surface area contributed by atoms with Crippen molar-refractivity contribution in [2.24, 2.45) is 7.05 Å². The highest BCUT2D eigenvalue weighted by Gasteiger charge is 2.13. The summed E-state index contributed by atoms with van der Waals surface area (Å²) in [6.45, 7) is 0.493. The molecule has 1 aromatic heterocycles. The zero-order valence-electron chi connectivity index (χ0n) is 14.1. The van der Waals surface area contributed by atoms with E-state index in [4.69, 9.17) is 11.6 Å². The van der Waals surface area contributed by atoms with Gasteiger partial charge in [0.1, 0.15) is 0 Å². The van der Waals surface area contributed by atoms with Gasteiger partial charge in [0.25, 0.3) is 0 Å². The van der Waals surface area contributed by atoms with Crippen LogP contribution in [0.25, 0.3) is 11.0 Å². The molecular formula is C18H19ClN4O2. The van der Waals surface area contributed by atoms with E-state index in [0.717, 1.165) is 11.0 Å². The van der Waals surface area contributed by atoms with Crippen LogP contribution in [-0.4, -0.2) is 33.5 Å². The Bertz CT molecular complexity index is 959. The van der Waals surface area contributed by atoms with Crippen LogP contribution in [0.5, 0.6) is 0 Å². The van der Waals surface area contributed by atoms with Gasteiger partial charge < -0.3 is 5.32 Å². The lowest BCUT2D eigenvalue weighted by atomic mass is 10.3. The van der Waals surface area contributed by atoms with Gasteiger partial charge >= 0.3 is 5.69 Å². The molecule has 0 radical (unpaired) electrons. The van der Waals surface area contributed by atoms with Crippen molar-refractivity contribution in [1.29, 1.82) is 0 Å². The summed E-state index contributed by atoms with van der Waals surface area (Å²) >= 11 is 5.83. The van der Waals surface area contributed by atoms with E-state index >= 15 is 0 Å². The van der Waals surface area contributed by atoms with Gasteiger partial charge in [-0.2, -0.15) is 0 Å². The Kier molecular flexibility index (Phi) is 4.92. The quantitative estimate of drug-likeness (QED) is 0.762. The first-order chi connectivity index (χ1) is 12.0. The second kappa shape index (κ2) is 7.13. The van der Waals surface area contributed by atoms with Crippen LogP contribution in [0.4, 0.5) is 5.69 Å². The van der Waals surface area contributed by atoms with E-state index < -0.39 is 0 Å². The minimum absolute atomic E-state index is 0.105. The molecule has 0 saturated carbocycles. The number of carbonyl (C=O) groups is 1. The summed E-state index contributed by atoms with van der Waals surface area (Å²) in [5, 5.41) is 3.43. The number of halogens is 1. The number of aryl methyl sites for hydroxylation is 1. The number of amides is 1. The third-order valence-corrected chi connectivity index (χ3v) is 4.23. The Balaban J connectivity index is 1.69. The Morgan fingerprint density at radius 3 is 2.44 bits per heavy atom. The normalized spacial score (nSPS) is 11.2. The van der Waals surface area contributed by atoms with Gasteiger partial charge in [0.15, 0.2) is 0 Å². The van der Waals surface area contributed by atoms with Crippen LogP contribution >= 0.6 is 11.6 Å². The third kappa shape index (κ3) is 3.75. The van der Waals surface area contributed by atoms with Crippen LogP contribution in [0.1, 0.15) is 0 Å². The average molecular weight is 359 g/mol. The molecule has 0 saturated heterocycles. The molecule has 25 heavy (non-hydrogen) atoms. The largest absolute Gasteiger partial charge is 0.329 e. The maximum Gasteiger partial charge on any atom is 0.329 e. The van der Waals surface area contributed by atoms with Gasteiger partial charge in [0, 0.05) is 17.8 Å². The van der Waals surface area contributed by atoms with Crippen molar-refractivity contribution >= 4 is 34.2 Å². The summed E-state index contributed by atoms with van der Waals surface area (Å²) in [6, 6.07) is 14.5. The average Bonchev–Trinajstić information content (AvgIpc) is 2.82. The van der Waals surface area contributed by atoms with Gasteiger partial charge in [0.05, 0.1) is 24.2 Å². The Hall–Kier alpha value is -2.57. The third-order valence-electron chi connectivity index (χ3n) is 3.98. The fraction of sp³-hybridized carbons (Fsp3) is 0.222. The maximum absolute atomic E-state index is 12.4. The molecule has 0 bridgehead atoms. The summed E-state index contributed by atoms with van der Waals surface area (Å²) < 4.78 is 3.27. The molecule has 130 valence electrons. The monoisotopic (exact) mass is 358 g/mol. The van der Waals surface area contributed by atoms with Crippen LogP contribution in [-0.2, 0) is 18.5 Å². The smallest absolute Gasteiger partial charge is 0.325 e. The number of nitrogens with one attached hydrogen (secondary N) is 1. The van der Waals surface area contributed by atoms with Crippen molar-refractivity contribution in [2.45, 2.75) is 6.67 Å². The molecule has 1 heterocycles. The van der Waals surface area contributed by atoms with E-state index in [1.807, 2.05) is 24.3 Å². The molecule has 0 aliphatic heterocycles. The summed E-state index contributed by atoms with van der Waals surface area (Å²) in [7, 11) is 3.55. The van der Waals surface area contributed by atoms with Crippen molar-refractivity contribution in [3.8, 4) is 0 Å². The van der Waals surface area contributed by atoms with Crippen LogP contribution in [0.3, 0.4) is 0 Å². The Labute approximate surface area is 150 Å². The van der Waals surface area contributed by atoms with E-state index in [0.29, 0.717) is 17.4 Å². The summed E-state index contributed by atoms with van der Waals surface area (Å²) in [4.78, 5) is 26.4. The van der Waals surface area contributed by atoms with Gasteiger partial charge in [-0.05, 0) is 43.4 Å². The minimum Gasteiger partial charge on any atom is -0.325 e. The summed E-state index contributed by atoms with van der Waals surface area (Å²) in [6.07, 6.45) is 0. The highest BCUT2D eigenvalue weighted by Crippen LogP contribution is 2.14. The summed E-state index contributed by atoms with van der Waals surface area (Å²) in [5.74, 6) is -0.155. The molecule has 0 atom stereocenters. The number of hydrogen-bond acceptors (Lipinski definition) is 3. The number of benzene rings is 2. The zero-order valence-corrected chi connectivity index (χ0v) is 14.8. The molecule has 2 aromatic carbocycles. The highest BCUT2D eigenvalue weighted by molar-refractivity contribution is 6.30. The predicted molar refractivity (Wildman–Crippen MR) is 99.9 cm³/mol. The molecule has 3 rings (SSSR count). The molecule has 1 N–H and O–H groups in total. The zero-order chi connectivity index (χ0) is 18.0. The van der Waals surface area contributed by atoms with Crippen LogP contribution in [0.15, 0.2) is 53.3 Å². The molecule has 6 nitrogen and oxygen atoms in total. The van der Waals surface area contributed by atoms with E-state index in [9.17, 15) is 9.59 Å². The van der Waals surface area contributed by atoms with E-state index in [-0.39, 0.29) is 18.1 Å². The second-order valence-corrected chi connectivity index (χ2v) is 6.41. The van der Waals surface area contributed by atoms with Gasteiger partial charge in [-0.3, -0.25) is 18.8 Å². The Morgan fingerprint density at radius 2 is 1.76 bits per heavy atom. The molecule has 0 aliphatic carbocycles. The van der Waals surface area contributed by atoms with Gasteiger partial charge in [0.2, 0.25) is 5.91 Å². The molecule has 7 heteroatoms. The number of anilines is 1. The van der Waals surface area contributed by atoms with Crippen LogP contribution in [0, 0.1) is 0 Å². The van der Waals surface area contributed by atoms with Crippen molar-refractivity contribution in [2.75, 3.05) is 18.9 Å². The van der Waals surface area contributed by atoms with Crippen LogP contribution in [0.2, 0.25) is 5.02 Å². The van der Waals surface area contributed by atoms with Gasteiger partial charge in [-0.15, -0.1) is 0 Å². The van der Waals surface area contributed by atoms with Crippen molar-refractivity contribution < 1.29 is 4.79 Å². The van der Waals surface area contributed by atoms with Crippen molar-refractivity contribution in [3.05, 3.63) is 64.0 Å². The van der Waals surface area contributed by atoms with E-state index in [1.54, 1.807) is 52.4 Å². The fourth-order valence-electron chi connectivity index (χ4n) is 2.77. The molecule has 0 unspecified atom stereocenters. The first kappa shape index (κ1) is 17.3. The minimum atomic E-state index is -0.155. The SMILES string of the molecule is CN(CC(=O)Nc1ccc(Cl)cc1)Cn1c(=O)n(C)c2ccccc21. The lowest BCUT2D eigenvalue weighted by Gasteiger charge is -2.17. The van der Waals surface area contributed by atoms with E-state index in [1.165, 1.54) is 0 Å². The van der Waals surface area contributed by atoms with Gasteiger partial charge in [-0.25, -0.2) is 4.79 Å². The molecular weight excluding hydrogens is 340 g/mol. The highest BCUT2D eigenvalue weighted by atomic mass is 35.5. The maximum atomic E-state index is 12.4. The number of para-hydroxylation sites is 2. The van der Waals surface area contributed by atoms with Crippen LogP contribution < -0.4 is 11.0 Å². The molecule has 0 fully saturated rings. The number of nitrogens with zero attached hydrogens (tertiary/aromatic N) is 3. The topological polar surface area (TPSA) is 59.3 Å². The number of likely N-dealkylation sites (N-methyl/N-ethyl adjacent to an activating group) is 1. The van der Waals surface area contributed by atoms with Crippen molar-refractivity contribution in [3.63, 3.8) is 0 Å². The Morgan fingerprint density at radius 1 is 1.12 bits per heavy atom. The number of aromatic nitrogens is 2. The summed E-state index contributed by atoms with van der Waals surface area (Å²) in [5.41, 5.74) is 2.29. The second-order valence-electron chi connectivity index (χ2n) is 5.97. The lowest BCUT2D eigenvalue weighted by molar-refractivity contribution is -0.117. The van der Waals surface area contributed by atoms with Crippen molar-refractivity contribution in [1.82, 2.24) is 14.0 Å².